The molecular weight excluding hydrogens is 516 g/mol. The van der Waals surface area contributed by atoms with Gasteiger partial charge in [0.15, 0.2) is 29.3 Å². The van der Waals surface area contributed by atoms with Crippen molar-refractivity contribution in [3.05, 3.63) is 23.3 Å². The number of ketones is 2. The number of aliphatic hydroxyl groups is 1. The minimum Gasteiger partial charge on any atom is -0.477 e. The molecule has 1 saturated heterocycles. The maximum atomic E-state index is 13.1. The summed E-state index contributed by atoms with van der Waals surface area (Å²) in [5.74, 6) is 0.534. The zero-order valence-corrected chi connectivity index (χ0v) is 23.2. The highest BCUT2D eigenvalue weighted by molar-refractivity contribution is 5.90. The van der Waals surface area contributed by atoms with E-state index in [0.29, 0.717) is 57.4 Å². The molecule has 1 aromatic carbocycles. The van der Waals surface area contributed by atoms with Crippen molar-refractivity contribution in [1.29, 1.82) is 0 Å². The van der Waals surface area contributed by atoms with Crippen LogP contribution in [-0.4, -0.2) is 96.0 Å². The topological polar surface area (TPSA) is 187 Å². The van der Waals surface area contributed by atoms with Crippen LogP contribution >= 0.6 is 0 Å². The van der Waals surface area contributed by atoms with Crippen LogP contribution in [0.25, 0.3) is 0 Å². The molecule has 1 spiro atoms. The molecule has 12 nitrogen and oxygen atoms in total. The first kappa shape index (κ1) is 28.3. The summed E-state index contributed by atoms with van der Waals surface area (Å²) in [6.45, 7) is 1.45. The number of ether oxygens (including phenoxy) is 2. The summed E-state index contributed by atoms with van der Waals surface area (Å²) in [4.78, 5) is 45.9. The molecule has 7 N–H and O–H groups in total. The van der Waals surface area contributed by atoms with E-state index in [1.807, 2.05) is 13.1 Å². The predicted octanol–water partition coefficient (Wildman–Crippen LogP) is 0.200. The molecule has 2 aliphatic heterocycles. The molecule has 12 heteroatoms. The summed E-state index contributed by atoms with van der Waals surface area (Å²) in [7, 11) is 3.62. The van der Waals surface area contributed by atoms with Crippen molar-refractivity contribution in [1.82, 2.24) is 9.80 Å². The minimum atomic E-state index is -1.09. The molecule has 218 valence electrons. The van der Waals surface area contributed by atoms with E-state index in [0.717, 1.165) is 17.7 Å². The Morgan fingerprint density at radius 2 is 2.08 bits per heavy atom. The second-order valence-corrected chi connectivity index (χ2v) is 11.7. The van der Waals surface area contributed by atoms with Crippen LogP contribution in [0.2, 0.25) is 0 Å². The fourth-order valence-electron chi connectivity index (χ4n) is 7.22. The molecule has 0 unspecified atom stereocenters. The van der Waals surface area contributed by atoms with Gasteiger partial charge in [-0.2, -0.15) is 0 Å². The molecule has 4 aliphatic rings. The van der Waals surface area contributed by atoms with Crippen molar-refractivity contribution < 1.29 is 29.0 Å². The number of rotatable bonds is 10. The Balaban J connectivity index is 1.24. The number of amides is 1. The fraction of sp³-hybridized carbons (Fsp3) is 0.643. The Bertz CT molecular complexity index is 1230. The molecule has 1 aromatic rings. The number of carbonyl (C=O) groups is 3. The van der Waals surface area contributed by atoms with Gasteiger partial charge in [-0.25, -0.2) is 4.79 Å². The number of piperidine rings is 1. The third kappa shape index (κ3) is 4.51. The average molecular weight is 557 g/mol. The monoisotopic (exact) mass is 556 g/mol. The van der Waals surface area contributed by atoms with E-state index in [9.17, 15) is 19.5 Å². The molecule has 5 rings (SSSR count). The largest absolute Gasteiger partial charge is 0.477 e. The van der Waals surface area contributed by atoms with E-state index in [4.69, 9.17) is 26.7 Å². The van der Waals surface area contributed by atoms with Crippen LogP contribution < -0.4 is 26.7 Å². The lowest BCUT2D eigenvalue weighted by Crippen LogP contribution is -2.76. The maximum absolute atomic E-state index is 13.1. The van der Waals surface area contributed by atoms with Gasteiger partial charge >= 0.3 is 6.09 Å². The first-order valence-corrected chi connectivity index (χ1v) is 14.0. The number of hydrogen-bond donors (Lipinski definition) is 4. The predicted molar refractivity (Wildman–Crippen MR) is 147 cm³/mol. The van der Waals surface area contributed by atoms with Gasteiger partial charge in [-0.1, -0.05) is 6.07 Å². The van der Waals surface area contributed by atoms with Gasteiger partial charge in [0.05, 0.1) is 17.1 Å². The number of nitrogens with zero attached hydrogens (tertiary/aromatic N) is 3. The maximum Gasteiger partial charge on any atom is 0.415 e. The molecule has 5 atom stereocenters. The summed E-state index contributed by atoms with van der Waals surface area (Å²) in [6.07, 6.45) is 2.24. The molecule has 1 amide bonds. The number of hydrogen-bond acceptors (Lipinski definition) is 9. The molecule has 1 saturated carbocycles. The number of likely N-dealkylation sites (tertiary alicyclic amines) is 1. The van der Waals surface area contributed by atoms with Crippen LogP contribution in [0.1, 0.15) is 56.1 Å². The molecule has 0 radical (unpaired) electrons. The van der Waals surface area contributed by atoms with Gasteiger partial charge in [0.25, 0.3) is 0 Å². The quantitative estimate of drug-likeness (QED) is 0.176. The van der Waals surface area contributed by atoms with Gasteiger partial charge in [-0.3, -0.25) is 14.6 Å². The number of benzene rings is 1. The normalized spacial score (nSPS) is 28.8. The first-order valence-electron chi connectivity index (χ1n) is 14.0. The van der Waals surface area contributed by atoms with E-state index in [1.165, 1.54) is 4.90 Å². The summed E-state index contributed by atoms with van der Waals surface area (Å²) >= 11 is 0. The molecule has 2 fully saturated rings. The van der Waals surface area contributed by atoms with Crippen LogP contribution in [-0.2, 0) is 21.4 Å². The summed E-state index contributed by atoms with van der Waals surface area (Å²) in [5.41, 5.74) is 16.5. The first-order chi connectivity index (χ1) is 19.0. The van der Waals surface area contributed by atoms with Crippen molar-refractivity contribution in [2.24, 2.45) is 22.2 Å². The Hall–Kier alpha value is -3.22. The van der Waals surface area contributed by atoms with E-state index in [2.05, 4.69) is 9.89 Å². The number of guanidine groups is 1. The third-order valence-electron chi connectivity index (χ3n) is 9.32. The summed E-state index contributed by atoms with van der Waals surface area (Å²) < 4.78 is 12.1. The van der Waals surface area contributed by atoms with E-state index in [1.54, 1.807) is 13.1 Å². The SMILES string of the molecule is CN(CCCC(=O)[C@@H](N)CCCN=C(N)N)C(=O)Oc1ccc2c3c1O[C@H]1C(=O)CC[C@@]4(O)[C@@H](C2)N(C)CC[C@]314. The molecule has 0 aromatic heterocycles. The van der Waals surface area contributed by atoms with Gasteiger partial charge in [-0.05, 0) is 63.7 Å². The van der Waals surface area contributed by atoms with Crippen LogP contribution in [0.3, 0.4) is 0 Å². The van der Waals surface area contributed by atoms with Crippen molar-refractivity contribution >= 4 is 23.6 Å². The second-order valence-electron chi connectivity index (χ2n) is 11.7. The number of Topliss-reactive ketones (excluding diaryl/α,β-unsaturated/α-hetero) is 2. The van der Waals surface area contributed by atoms with Crippen LogP contribution in [0.15, 0.2) is 17.1 Å². The van der Waals surface area contributed by atoms with Gasteiger partial charge < -0.3 is 41.6 Å². The number of carbonyl (C=O) groups excluding carboxylic acids is 3. The number of nitrogens with two attached hydrogens (primary N) is 3. The van der Waals surface area contributed by atoms with Crippen molar-refractivity contribution in [3.8, 4) is 11.5 Å². The Kier molecular flexibility index (Phi) is 7.53. The molecule has 40 heavy (non-hydrogen) atoms. The van der Waals surface area contributed by atoms with Gasteiger partial charge in [0, 0.05) is 44.6 Å². The number of likely N-dealkylation sites (N-methyl/N-ethyl adjacent to an activating group) is 1. The Morgan fingerprint density at radius 3 is 2.83 bits per heavy atom. The van der Waals surface area contributed by atoms with Gasteiger partial charge in [0.1, 0.15) is 5.78 Å². The average Bonchev–Trinajstić information content (AvgIpc) is 3.27. The van der Waals surface area contributed by atoms with Crippen molar-refractivity contribution in [2.75, 3.05) is 33.7 Å². The fourth-order valence-corrected chi connectivity index (χ4v) is 7.22. The zero-order valence-electron chi connectivity index (χ0n) is 23.2. The lowest BCUT2D eigenvalue weighted by molar-refractivity contribution is -0.185. The van der Waals surface area contributed by atoms with Crippen LogP contribution in [0.5, 0.6) is 11.5 Å². The third-order valence-corrected chi connectivity index (χ3v) is 9.32. The smallest absolute Gasteiger partial charge is 0.415 e. The Morgan fingerprint density at radius 1 is 1.30 bits per heavy atom. The highest BCUT2D eigenvalue weighted by atomic mass is 16.6. The highest BCUT2D eigenvalue weighted by Crippen LogP contribution is 2.64. The van der Waals surface area contributed by atoms with E-state index in [-0.39, 0.29) is 42.2 Å². The molecule has 2 bridgehead atoms. The van der Waals surface area contributed by atoms with Crippen LogP contribution in [0.4, 0.5) is 4.79 Å². The minimum absolute atomic E-state index is 0.00833. The van der Waals surface area contributed by atoms with E-state index >= 15 is 0 Å². The van der Waals surface area contributed by atoms with Crippen LogP contribution in [0, 0.1) is 0 Å². The van der Waals surface area contributed by atoms with Gasteiger partial charge in [0.2, 0.25) is 0 Å². The Labute approximate surface area is 233 Å². The highest BCUT2D eigenvalue weighted by Gasteiger charge is 2.72. The summed E-state index contributed by atoms with van der Waals surface area (Å²) in [6, 6.07) is 2.93. The standard InChI is InChI=1S/C28H40N6O6/c1-33-14-11-27-22-16-7-8-20(23(22)40-24(27)19(36)9-10-28(27,38)21(33)15-16)39-26(37)34(2)13-4-6-18(35)17(29)5-3-12-32-25(30)31/h7-8,17,21,24,38H,3-6,9-15,29H2,1-2H3,(H4,30,31,32)/t17-,21+,24-,27-,28+/m0/s1. The lowest BCUT2D eigenvalue weighted by Gasteiger charge is -2.62. The second kappa shape index (κ2) is 10.6. The number of aliphatic imine (C=N–C) groups is 1. The van der Waals surface area contributed by atoms with Crippen molar-refractivity contribution in [2.45, 2.75) is 80.6 Å². The lowest BCUT2D eigenvalue weighted by atomic mass is 9.49. The molecule has 2 heterocycles. The zero-order chi connectivity index (χ0) is 28.8. The molecular formula is C28H40N6O6. The summed E-state index contributed by atoms with van der Waals surface area (Å²) in [5, 5.41) is 12.1. The van der Waals surface area contributed by atoms with Crippen molar-refractivity contribution in [3.63, 3.8) is 0 Å². The van der Waals surface area contributed by atoms with E-state index < -0.39 is 29.3 Å². The van der Waals surface area contributed by atoms with Gasteiger partial charge in [-0.15, -0.1) is 0 Å². The molecule has 2 aliphatic carbocycles.